The second-order valence-corrected chi connectivity index (χ2v) is 6.75. The van der Waals surface area contributed by atoms with Gasteiger partial charge in [-0.2, -0.15) is 4.98 Å². The number of nitrogens with zero attached hydrogens (tertiary/aromatic N) is 3. The van der Waals surface area contributed by atoms with E-state index in [2.05, 4.69) is 41.7 Å². The van der Waals surface area contributed by atoms with Gasteiger partial charge in [-0.3, -0.25) is 4.99 Å². The third-order valence-electron chi connectivity index (χ3n) is 3.83. The van der Waals surface area contributed by atoms with Crippen LogP contribution in [0.1, 0.15) is 43.7 Å². The van der Waals surface area contributed by atoms with Crippen molar-refractivity contribution >= 4 is 45.9 Å². The van der Waals surface area contributed by atoms with Crippen LogP contribution in [0.3, 0.4) is 0 Å². The topological polar surface area (TPSA) is 84.6 Å². The molecule has 1 unspecified atom stereocenters. The van der Waals surface area contributed by atoms with Crippen molar-refractivity contribution in [1.82, 2.24) is 20.8 Å². The lowest BCUT2D eigenvalue weighted by Crippen LogP contribution is -2.37. The van der Waals surface area contributed by atoms with Crippen molar-refractivity contribution in [3.05, 3.63) is 45.8 Å². The Morgan fingerprint density at radius 2 is 2.18 bits per heavy atom. The molecular formula is C18H26BrFIN5O2. The zero-order valence-corrected chi connectivity index (χ0v) is 20.1. The standard InChI is InChI=1S/C18H25BrFN5O2.HI/c1-4-26-12(2)17-24-16(27-25-17)11-23-18(21-3)22-9-5-6-13-7-8-14(19)10-15(13)20;/h7-8,10,12H,4-6,9,11H2,1-3H3,(H2,21,22,23);1H. The molecule has 10 heteroatoms. The molecule has 0 saturated heterocycles. The molecule has 1 heterocycles. The molecule has 2 N–H and O–H groups in total. The number of benzene rings is 1. The van der Waals surface area contributed by atoms with Crippen LogP contribution in [0.25, 0.3) is 0 Å². The number of ether oxygens (including phenoxy) is 1. The van der Waals surface area contributed by atoms with Crippen molar-refractivity contribution in [2.75, 3.05) is 20.2 Å². The van der Waals surface area contributed by atoms with Crippen molar-refractivity contribution in [2.24, 2.45) is 4.99 Å². The molecular weight excluding hydrogens is 544 g/mol. The lowest BCUT2D eigenvalue weighted by atomic mass is 10.1. The van der Waals surface area contributed by atoms with E-state index in [1.54, 1.807) is 13.1 Å². The summed E-state index contributed by atoms with van der Waals surface area (Å²) >= 11 is 3.26. The van der Waals surface area contributed by atoms with Gasteiger partial charge < -0.3 is 19.9 Å². The molecule has 0 fully saturated rings. The van der Waals surface area contributed by atoms with Crippen molar-refractivity contribution in [3.63, 3.8) is 0 Å². The molecule has 7 nitrogen and oxygen atoms in total. The lowest BCUT2D eigenvalue weighted by Gasteiger charge is -2.10. The van der Waals surface area contributed by atoms with Gasteiger partial charge in [-0.25, -0.2) is 4.39 Å². The Morgan fingerprint density at radius 3 is 2.86 bits per heavy atom. The molecule has 0 aliphatic heterocycles. The number of rotatable bonds is 9. The minimum atomic E-state index is -0.205. The summed E-state index contributed by atoms with van der Waals surface area (Å²) in [6, 6.07) is 5.12. The van der Waals surface area contributed by atoms with Crippen molar-refractivity contribution in [3.8, 4) is 0 Å². The quantitative estimate of drug-likeness (QED) is 0.206. The fourth-order valence-electron chi connectivity index (χ4n) is 2.42. The second-order valence-electron chi connectivity index (χ2n) is 5.84. The molecule has 0 amide bonds. The van der Waals surface area contributed by atoms with E-state index in [9.17, 15) is 4.39 Å². The van der Waals surface area contributed by atoms with Crippen LogP contribution in [-0.2, 0) is 17.7 Å². The van der Waals surface area contributed by atoms with Crippen molar-refractivity contribution < 1.29 is 13.7 Å². The fraction of sp³-hybridized carbons (Fsp3) is 0.500. The summed E-state index contributed by atoms with van der Waals surface area (Å²) < 4.78 is 25.2. The molecule has 0 aliphatic carbocycles. The Bertz CT molecular complexity index is 759. The number of halogens is 3. The number of hydrogen-bond donors (Lipinski definition) is 2. The van der Waals surface area contributed by atoms with E-state index < -0.39 is 0 Å². The lowest BCUT2D eigenvalue weighted by molar-refractivity contribution is 0.0683. The van der Waals surface area contributed by atoms with E-state index >= 15 is 0 Å². The predicted molar refractivity (Wildman–Crippen MR) is 120 cm³/mol. The van der Waals surface area contributed by atoms with Gasteiger partial charge in [-0.1, -0.05) is 27.2 Å². The molecule has 0 saturated carbocycles. The number of aliphatic imine (C=N–C) groups is 1. The van der Waals surface area contributed by atoms with Crippen molar-refractivity contribution in [2.45, 2.75) is 39.3 Å². The van der Waals surface area contributed by atoms with Crippen LogP contribution in [0.5, 0.6) is 0 Å². The molecule has 1 aromatic carbocycles. The van der Waals surface area contributed by atoms with Gasteiger partial charge in [-0.15, -0.1) is 24.0 Å². The van der Waals surface area contributed by atoms with Gasteiger partial charge in [0.15, 0.2) is 11.8 Å². The third-order valence-corrected chi connectivity index (χ3v) is 4.32. The molecule has 0 aliphatic rings. The smallest absolute Gasteiger partial charge is 0.246 e. The summed E-state index contributed by atoms with van der Waals surface area (Å²) in [6.45, 7) is 5.39. The van der Waals surface area contributed by atoms with Crippen LogP contribution in [0.15, 0.2) is 32.2 Å². The molecule has 1 aromatic heterocycles. The molecule has 0 radical (unpaired) electrons. The minimum absolute atomic E-state index is 0. The van der Waals surface area contributed by atoms with Crippen LogP contribution >= 0.6 is 39.9 Å². The summed E-state index contributed by atoms with van der Waals surface area (Å²) in [6.07, 6.45) is 1.21. The molecule has 156 valence electrons. The van der Waals surface area contributed by atoms with Gasteiger partial charge in [0, 0.05) is 24.7 Å². The molecule has 2 aromatic rings. The van der Waals surface area contributed by atoms with Crippen LogP contribution in [0.2, 0.25) is 0 Å². The average molecular weight is 570 g/mol. The molecule has 1 atom stereocenters. The maximum Gasteiger partial charge on any atom is 0.246 e. The Hall–Kier alpha value is -1.27. The van der Waals surface area contributed by atoms with Gasteiger partial charge in [0.1, 0.15) is 11.9 Å². The Balaban J connectivity index is 0.00000392. The predicted octanol–water partition coefficient (Wildman–Crippen LogP) is 3.98. The van der Waals surface area contributed by atoms with Gasteiger partial charge >= 0.3 is 0 Å². The summed E-state index contributed by atoms with van der Waals surface area (Å²) in [5.41, 5.74) is 0.699. The number of nitrogens with one attached hydrogen (secondary N) is 2. The molecule has 0 bridgehead atoms. The highest BCUT2D eigenvalue weighted by atomic mass is 127. The Labute approximate surface area is 190 Å². The Morgan fingerprint density at radius 1 is 1.39 bits per heavy atom. The largest absolute Gasteiger partial charge is 0.371 e. The van der Waals surface area contributed by atoms with Gasteiger partial charge in [0.2, 0.25) is 5.89 Å². The first-order valence-corrected chi connectivity index (χ1v) is 9.65. The van der Waals surface area contributed by atoms with Crippen LogP contribution < -0.4 is 10.6 Å². The highest BCUT2D eigenvalue weighted by Gasteiger charge is 2.13. The van der Waals surface area contributed by atoms with E-state index in [4.69, 9.17) is 9.26 Å². The monoisotopic (exact) mass is 569 g/mol. The molecule has 0 spiro atoms. The normalized spacial score (nSPS) is 12.4. The number of guanidine groups is 1. The van der Waals surface area contributed by atoms with Crippen molar-refractivity contribution in [1.29, 1.82) is 0 Å². The van der Waals surface area contributed by atoms with Gasteiger partial charge in [0.05, 0.1) is 6.54 Å². The van der Waals surface area contributed by atoms with Crippen LogP contribution in [-0.4, -0.2) is 36.3 Å². The summed E-state index contributed by atoms with van der Waals surface area (Å²) in [7, 11) is 1.68. The van der Waals surface area contributed by atoms with E-state index in [1.165, 1.54) is 6.07 Å². The van der Waals surface area contributed by atoms with E-state index in [1.807, 2.05) is 19.9 Å². The molecule has 2 rings (SSSR count). The fourth-order valence-corrected chi connectivity index (χ4v) is 2.75. The highest BCUT2D eigenvalue weighted by molar-refractivity contribution is 14.0. The zero-order chi connectivity index (χ0) is 19.6. The SMILES string of the molecule is CCOC(C)c1noc(CNC(=NC)NCCCc2ccc(Br)cc2F)n1.I. The number of aromatic nitrogens is 2. The number of aryl methyl sites for hydroxylation is 1. The first-order chi connectivity index (χ1) is 13.0. The minimum Gasteiger partial charge on any atom is -0.371 e. The van der Waals surface area contributed by atoms with Crippen LogP contribution in [0.4, 0.5) is 4.39 Å². The summed E-state index contributed by atoms with van der Waals surface area (Å²) in [4.78, 5) is 8.44. The van der Waals surface area contributed by atoms with E-state index in [0.717, 1.165) is 10.9 Å². The third kappa shape index (κ3) is 8.00. The van der Waals surface area contributed by atoms with Gasteiger partial charge in [-0.05, 0) is 44.4 Å². The molecule has 28 heavy (non-hydrogen) atoms. The zero-order valence-electron chi connectivity index (χ0n) is 16.2. The average Bonchev–Trinajstić information content (AvgIpc) is 3.12. The first-order valence-electron chi connectivity index (χ1n) is 8.86. The second kappa shape index (κ2) is 13.0. The van der Waals surface area contributed by atoms with E-state index in [0.29, 0.717) is 49.4 Å². The summed E-state index contributed by atoms with van der Waals surface area (Å²) in [5, 5.41) is 10.2. The van der Waals surface area contributed by atoms with E-state index in [-0.39, 0.29) is 35.9 Å². The highest BCUT2D eigenvalue weighted by Crippen LogP contribution is 2.16. The maximum atomic E-state index is 13.8. The van der Waals surface area contributed by atoms with Gasteiger partial charge in [0.25, 0.3) is 0 Å². The number of hydrogen-bond acceptors (Lipinski definition) is 5. The van der Waals surface area contributed by atoms with Crippen LogP contribution in [0, 0.1) is 5.82 Å². The Kier molecular flexibility index (Phi) is 11.5. The first kappa shape index (κ1) is 24.8. The maximum absolute atomic E-state index is 13.8. The summed E-state index contributed by atoms with van der Waals surface area (Å²) in [5.74, 6) is 1.40.